The average Bonchev–Trinajstić information content (AvgIpc) is 3.08. The van der Waals surface area contributed by atoms with E-state index in [2.05, 4.69) is 6.07 Å². The molecule has 0 unspecified atom stereocenters. The Morgan fingerprint density at radius 2 is 1.91 bits per heavy atom. The van der Waals surface area contributed by atoms with Crippen LogP contribution in [0.3, 0.4) is 0 Å². The topological polar surface area (TPSA) is 42.2 Å². The molecule has 0 bridgehead atoms. The molecule has 2 aromatic heterocycles. The van der Waals surface area contributed by atoms with Crippen LogP contribution in [0.5, 0.6) is 0 Å². The fourth-order valence-corrected chi connectivity index (χ4v) is 4.18. The first kappa shape index (κ1) is 14.3. The predicted octanol–water partition coefficient (Wildman–Crippen LogP) is 5.26. The fraction of sp³-hybridized carbons (Fsp3) is 0.0556. The molecular weight excluding hydrogens is 330 g/mol. The van der Waals surface area contributed by atoms with Crippen LogP contribution in [0.2, 0.25) is 5.02 Å². The highest BCUT2D eigenvalue weighted by molar-refractivity contribution is 7.19. The van der Waals surface area contributed by atoms with Crippen LogP contribution in [0.1, 0.15) is 15.4 Å². The van der Waals surface area contributed by atoms with Crippen LogP contribution in [-0.4, -0.2) is 15.6 Å². The normalized spacial score (nSPS) is 11.3. The van der Waals surface area contributed by atoms with Gasteiger partial charge < -0.3 is 9.67 Å². The van der Waals surface area contributed by atoms with Crippen LogP contribution < -0.4 is 0 Å². The monoisotopic (exact) mass is 341 g/mol. The average molecular weight is 342 g/mol. The SMILES string of the molecule is O=C(O)c1cc2ccccc2n1Cc1cc2ccc(Cl)cc2s1. The van der Waals surface area contributed by atoms with Crippen LogP contribution in [0.4, 0.5) is 0 Å². The number of thiophene rings is 1. The van der Waals surface area contributed by atoms with E-state index in [4.69, 9.17) is 11.6 Å². The summed E-state index contributed by atoms with van der Waals surface area (Å²) < 4.78 is 2.96. The standard InChI is InChI=1S/C18H12ClNO2S/c19-13-6-5-12-7-14(23-17(12)9-13)10-20-15-4-2-1-3-11(15)8-16(20)18(21)22/h1-9H,10H2,(H,21,22). The third kappa shape index (κ3) is 2.50. The Labute approximate surface area is 141 Å². The Bertz CT molecular complexity index is 1050. The molecule has 0 aliphatic heterocycles. The van der Waals surface area contributed by atoms with Gasteiger partial charge in [0.2, 0.25) is 0 Å². The highest BCUT2D eigenvalue weighted by atomic mass is 35.5. The quantitative estimate of drug-likeness (QED) is 0.552. The summed E-state index contributed by atoms with van der Waals surface area (Å²) in [7, 11) is 0. The molecule has 114 valence electrons. The van der Waals surface area contributed by atoms with E-state index in [1.54, 1.807) is 17.4 Å². The Kier molecular flexibility index (Phi) is 3.36. The van der Waals surface area contributed by atoms with Crippen molar-refractivity contribution in [3.63, 3.8) is 0 Å². The molecule has 4 aromatic rings. The molecule has 2 aromatic carbocycles. The van der Waals surface area contributed by atoms with Crippen molar-refractivity contribution in [1.29, 1.82) is 0 Å². The Morgan fingerprint density at radius 1 is 1.09 bits per heavy atom. The van der Waals surface area contributed by atoms with E-state index in [0.29, 0.717) is 17.3 Å². The second kappa shape index (κ2) is 5.41. The number of hydrogen-bond donors (Lipinski definition) is 1. The molecule has 0 aliphatic carbocycles. The molecule has 0 radical (unpaired) electrons. The largest absolute Gasteiger partial charge is 0.477 e. The number of hydrogen-bond acceptors (Lipinski definition) is 2. The summed E-state index contributed by atoms with van der Waals surface area (Å²) in [5.41, 5.74) is 1.24. The van der Waals surface area contributed by atoms with E-state index in [1.165, 1.54) is 0 Å². The summed E-state index contributed by atoms with van der Waals surface area (Å²) in [6.45, 7) is 0.534. The summed E-state index contributed by atoms with van der Waals surface area (Å²) in [4.78, 5) is 12.7. The van der Waals surface area contributed by atoms with Gasteiger partial charge >= 0.3 is 5.97 Å². The van der Waals surface area contributed by atoms with Gasteiger partial charge in [0.1, 0.15) is 5.69 Å². The van der Waals surface area contributed by atoms with Crippen molar-refractivity contribution in [1.82, 2.24) is 4.57 Å². The zero-order chi connectivity index (χ0) is 16.0. The first-order chi connectivity index (χ1) is 11.1. The van der Waals surface area contributed by atoms with Crippen molar-refractivity contribution in [3.8, 4) is 0 Å². The van der Waals surface area contributed by atoms with Crippen molar-refractivity contribution in [2.24, 2.45) is 0 Å². The van der Waals surface area contributed by atoms with Gasteiger partial charge in [0.25, 0.3) is 0 Å². The van der Waals surface area contributed by atoms with Crippen LogP contribution in [0.15, 0.2) is 54.6 Å². The maximum absolute atomic E-state index is 11.6. The molecule has 0 saturated heterocycles. The molecule has 0 spiro atoms. The summed E-state index contributed by atoms with van der Waals surface area (Å²) in [6, 6.07) is 17.3. The fourth-order valence-electron chi connectivity index (χ4n) is 2.85. The van der Waals surface area contributed by atoms with Gasteiger partial charge in [0.15, 0.2) is 0 Å². The van der Waals surface area contributed by atoms with E-state index < -0.39 is 5.97 Å². The summed E-state index contributed by atoms with van der Waals surface area (Å²) in [6.07, 6.45) is 0. The number of halogens is 1. The van der Waals surface area contributed by atoms with Crippen LogP contribution >= 0.6 is 22.9 Å². The van der Waals surface area contributed by atoms with Gasteiger partial charge in [-0.25, -0.2) is 4.79 Å². The number of benzene rings is 2. The Morgan fingerprint density at radius 3 is 2.74 bits per heavy atom. The summed E-state index contributed by atoms with van der Waals surface area (Å²) in [5, 5.41) is 12.3. The lowest BCUT2D eigenvalue weighted by Gasteiger charge is -2.06. The van der Waals surface area contributed by atoms with E-state index in [1.807, 2.05) is 47.0 Å². The van der Waals surface area contributed by atoms with Gasteiger partial charge in [-0.3, -0.25) is 0 Å². The second-order valence-corrected chi connectivity index (χ2v) is 6.98. The van der Waals surface area contributed by atoms with E-state index in [-0.39, 0.29) is 0 Å². The molecule has 3 nitrogen and oxygen atoms in total. The van der Waals surface area contributed by atoms with Crippen molar-refractivity contribution < 1.29 is 9.90 Å². The number of rotatable bonds is 3. The van der Waals surface area contributed by atoms with Gasteiger partial charge in [-0.1, -0.05) is 35.9 Å². The van der Waals surface area contributed by atoms with Gasteiger partial charge in [-0.15, -0.1) is 11.3 Å². The molecule has 23 heavy (non-hydrogen) atoms. The van der Waals surface area contributed by atoms with Crippen LogP contribution in [-0.2, 0) is 6.54 Å². The van der Waals surface area contributed by atoms with E-state index >= 15 is 0 Å². The number of para-hydroxylation sites is 1. The number of nitrogens with zero attached hydrogens (tertiary/aromatic N) is 1. The Balaban J connectivity index is 1.84. The van der Waals surface area contributed by atoms with Crippen molar-refractivity contribution in [2.75, 3.05) is 0 Å². The highest BCUT2D eigenvalue weighted by Gasteiger charge is 2.15. The highest BCUT2D eigenvalue weighted by Crippen LogP contribution is 2.30. The zero-order valence-corrected chi connectivity index (χ0v) is 13.6. The molecular formula is C18H12ClNO2S. The smallest absolute Gasteiger partial charge is 0.352 e. The van der Waals surface area contributed by atoms with Crippen molar-refractivity contribution in [2.45, 2.75) is 6.54 Å². The molecule has 0 saturated carbocycles. The lowest BCUT2D eigenvalue weighted by atomic mass is 10.2. The summed E-state index contributed by atoms with van der Waals surface area (Å²) >= 11 is 7.68. The van der Waals surface area contributed by atoms with Gasteiger partial charge in [0.05, 0.1) is 6.54 Å². The lowest BCUT2D eigenvalue weighted by molar-refractivity contribution is 0.0686. The number of carbonyl (C=O) groups is 1. The maximum atomic E-state index is 11.6. The predicted molar refractivity (Wildman–Crippen MR) is 94.8 cm³/mol. The maximum Gasteiger partial charge on any atom is 0.352 e. The minimum atomic E-state index is -0.912. The Hall–Kier alpha value is -2.30. The molecule has 2 heterocycles. The number of carboxylic acid groups (broad SMARTS) is 1. The molecule has 0 aliphatic rings. The van der Waals surface area contributed by atoms with Crippen LogP contribution in [0, 0.1) is 0 Å². The van der Waals surface area contributed by atoms with E-state index in [0.717, 1.165) is 25.9 Å². The van der Waals surface area contributed by atoms with Crippen LogP contribution in [0.25, 0.3) is 21.0 Å². The van der Waals surface area contributed by atoms with Gasteiger partial charge in [-0.05, 0) is 35.7 Å². The number of aromatic nitrogens is 1. The first-order valence-electron chi connectivity index (χ1n) is 7.11. The number of carboxylic acids is 1. The molecule has 0 fully saturated rings. The van der Waals surface area contributed by atoms with Crippen molar-refractivity contribution >= 4 is 49.9 Å². The zero-order valence-electron chi connectivity index (χ0n) is 12.0. The molecule has 5 heteroatoms. The molecule has 1 N–H and O–H groups in total. The number of aromatic carboxylic acids is 1. The minimum Gasteiger partial charge on any atom is -0.477 e. The second-order valence-electron chi connectivity index (χ2n) is 5.37. The van der Waals surface area contributed by atoms with E-state index in [9.17, 15) is 9.90 Å². The van der Waals surface area contributed by atoms with Crippen molar-refractivity contribution in [3.05, 3.63) is 70.2 Å². The van der Waals surface area contributed by atoms with Gasteiger partial charge in [-0.2, -0.15) is 0 Å². The summed E-state index contributed by atoms with van der Waals surface area (Å²) in [5.74, 6) is -0.912. The van der Waals surface area contributed by atoms with Gasteiger partial charge in [0, 0.05) is 25.5 Å². The first-order valence-corrected chi connectivity index (χ1v) is 8.31. The molecule has 0 amide bonds. The lowest BCUT2D eigenvalue weighted by Crippen LogP contribution is -2.08. The minimum absolute atomic E-state index is 0.307. The molecule has 0 atom stereocenters. The third-order valence-corrected chi connectivity index (χ3v) is 5.19. The number of fused-ring (bicyclic) bond motifs is 2. The molecule has 4 rings (SSSR count). The third-order valence-electron chi connectivity index (χ3n) is 3.88.